The monoisotopic (exact) mass is 501 g/mol. The molecule has 2 aromatic carbocycles. The minimum Gasteiger partial charge on any atom is -0.447 e. The number of amides is 2. The molecule has 0 aliphatic heterocycles. The fourth-order valence-corrected chi connectivity index (χ4v) is 3.96. The molecule has 35 heavy (non-hydrogen) atoms. The second-order valence-corrected chi connectivity index (χ2v) is 9.46. The topological polar surface area (TPSA) is 91.8 Å². The van der Waals surface area contributed by atoms with Crippen molar-refractivity contribution in [1.82, 2.24) is 9.88 Å². The van der Waals surface area contributed by atoms with Crippen LogP contribution < -0.4 is 5.32 Å². The van der Waals surface area contributed by atoms with Crippen LogP contribution in [0.5, 0.6) is 0 Å². The first-order chi connectivity index (χ1) is 16.5. The van der Waals surface area contributed by atoms with Gasteiger partial charge in [-0.3, -0.25) is 10.1 Å². The number of ether oxygens (including phenoxy) is 1. The number of anilines is 1. The molecule has 3 aromatic rings. The lowest BCUT2D eigenvalue weighted by Gasteiger charge is -2.32. The summed E-state index contributed by atoms with van der Waals surface area (Å²) in [5, 5.41) is 15.1. The molecule has 1 atom stereocenters. The summed E-state index contributed by atoms with van der Waals surface area (Å²) in [5.74, 6) is -0.324. The van der Waals surface area contributed by atoms with Gasteiger partial charge in [0.2, 0.25) is 5.91 Å². The number of aromatic nitrogens is 1. The molecule has 0 aliphatic rings. The van der Waals surface area contributed by atoms with E-state index in [1.807, 2.05) is 24.3 Å². The van der Waals surface area contributed by atoms with Gasteiger partial charge in [-0.05, 0) is 55.8 Å². The first kappa shape index (κ1) is 26.4. The maximum Gasteiger partial charge on any atom is 0.412 e. The molecule has 0 saturated heterocycles. The van der Waals surface area contributed by atoms with Crippen LogP contribution in [0.25, 0.3) is 10.8 Å². The van der Waals surface area contributed by atoms with Crippen LogP contribution in [-0.2, 0) is 16.0 Å². The average Bonchev–Trinajstić information content (AvgIpc) is 2.79. The Bertz CT molecular complexity index is 1200. The van der Waals surface area contributed by atoms with E-state index in [4.69, 9.17) is 16.3 Å². The van der Waals surface area contributed by atoms with E-state index < -0.39 is 23.6 Å². The highest BCUT2D eigenvalue weighted by Gasteiger charge is 2.28. The maximum atomic E-state index is 13.3. The molecule has 186 valence electrons. The quantitative estimate of drug-likeness (QED) is 0.420. The van der Waals surface area contributed by atoms with Crippen LogP contribution in [0.4, 0.5) is 15.0 Å². The van der Waals surface area contributed by atoms with Gasteiger partial charge in [-0.1, -0.05) is 41.9 Å². The highest BCUT2D eigenvalue weighted by Crippen LogP contribution is 2.21. The van der Waals surface area contributed by atoms with Crippen LogP contribution in [0.3, 0.4) is 0 Å². The van der Waals surface area contributed by atoms with E-state index in [-0.39, 0.29) is 30.4 Å². The van der Waals surface area contributed by atoms with Crippen LogP contribution in [-0.4, -0.2) is 52.3 Å². The Morgan fingerprint density at radius 2 is 1.91 bits per heavy atom. The third kappa shape index (κ3) is 7.90. The summed E-state index contributed by atoms with van der Waals surface area (Å²) < 4.78 is 18.6. The molecule has 2 N–H and O–H groups in total. The minimum atomic E-state index is -1.10. The molecule has 2 amide bonds. The van der Waals surface area contributed by atoms with Crippen LogP contribution >= 0.6 is 11.6 Å². The molecule has 0 spiro atoms. The Balaban J connectivity index is 1.60. The number of aryl methyl sites for hydroxylation is 1. The summed E-state index contributed by atoms with van der Waals surface area (Å²) in [6.07, 6.45) is 1.58. The second-order valence-electron chi connectivity index (χ2n) is 9.05. The number of halogens is 2. The van der Waals surface area contributed by atoms with Gasteiger partial charge < -0.3 is 14.7 Å². The molecule has 0 saturated carbocycles. The largest absolute Gasteiger partial charge is 0.447 e. The van der Waals surface area contributed by atoms with E-state index in [1.165, 1.54) is 17.0 Å². The Morgan fingerprint density at radius 3 is 2.60 bits per heavy atom. The van der Waals surface area contributed by atoms with Gasteiger partial charge in [-0.2, -0.15) is 0 Å². The van der Waals surface area contributed by atoms with Crippen LogP contribution in [0.2, 0.25) is 5.02 Å². The third-order valence-electron chi connectivity index (χ3n) is 5.57. The molecule has 1 heterocycles. The highest BCUT2D eigenvalue weighted by atomic mass is 35.5. The first-order valence-electron chi connectivity index (χ1n) is 11.2. The number of carbonyl (C=O) groups is 2. The summed E-state index contributed by atoms with van der Waals surface area (Å²) in [5.41, 5.74) is -0.438. The molecule has 1 aromatic heterocycles. The molecular weight excluding hydrogens is 473 g/mol. The van der Waals surface area contributed by atoms with Gasteiger partial charge in [-0.25, -0.2) is 14.2 Å². The second kappa shape index (κ2) is 11.5. The molecule has 9 heteroatoms. The van der Waals surface area contributed by atoms with Crippen molar-refractivity contribution in [2.45, 2.75) is 44.8 Å². The van der Waals surface area contributed by atoms with E-state index in [2.05, 4.69) is 10.3 Å². The first-order valence-corrected chi connectivity index (χ1v) is 11.6. The maximum absolute atomic E-state index is 13.3. The Morgan fingerprint density at radius 1 is 1.20 bits per heavy atom. The summed E-state index contributed by atoms with van der Waals surface area (Å²) in [6.45, 7) is 3.12. The Hall–Kier alpha value is -3.23. The number of fused-ring (bicyclic) bond motifs is 1. The van der Waals surface area contributed by atoms with Gasteiger partial charge in [0.1, 0.15) is 18.2 Å². The predicted octanol–water partition coefficient (Wildman–Crippen LogP) is 5.20. The molecule has 3 rings (SSSR count). The number of hydrogen-bond acceptors (Lipinski definition) is 5. The molecule has 0 radical (unpaired) electrons. The number of rotatable bonds is 9. The van der Waals surface area contributed by atoms with Gasteiger partial charge in [0.25, 0.3) is 0 Å². The number of benzene rings is 2. The number of likely N-dealkylation sites (N-methyl/N-ethyl adjacent to an activating group) is 1. The lowest BCUT2D eigenvalue weighted by atomic mass is 9.98. The fourth-order valence-electron chi connectivity index (χ4n) is 3.69. The van der Waals surface area contributed by atoms with Crippen LogP contribution in [0.1, 0.15) is 32.3 Å². The number of nitrogens with one attached hydrogen (secondary N) is 1. The smallest absolute Gasteiger partial charge is 0.412 e. The van der Waals surface area contributed by atoms with Gasteiger partial charge in [0, 0.05) is 30.1 Å². The van der Waals surface area contributed by atoms with Gasteiger partial charge >= 0.3 is 6.09 Å². The molecule has 0 aliphatic carbocycles. The molecular formula is C26H29ClFN3O4. The normalized spacial score (nSPS) is 12.3. The summed E-state index contributed by atoms with van der Waals surface area (Å²) in [4.78, 5) is 30.9. The number of aliphatic hydroxyl groups is 1. The Kier molecular flexibility index (Phi) is 8.64. The minimum absolute atomic E-state index is 0.122. The number of hydrogen-bond donors (Lipinski definition) is 2. The molecule has 0 fully saturated rings. The van der Waals surface area contributed by atoms with Crippen LogP contribution in [0.15, 0.2) is 54.7 Å². The van der Waals surface area contributed by atoms with Crippen molar-refractivity contribution in [2.75, 3.05) is 19.0 Å². The van der Waals surface area contributed by atoms with Crippen molar-refractivity contribution in [2.24, 2.45) is 0 Å². The zero-order valence-electron chi connectivity index (χ0n) is 19.9. The van der Waals surface area contributed by atoms with Gasteiger partial charge in [-0.15, -0.1) is 0 Å². The lowest BCUT2D eigenvalue weighted by molar-refractivity contribution is -0.134. The summed E-state index contributed by atoms with van der Waals surface area (Å²) >= 11 is 6.06. The van der Waals surface area contributed by atoms with Crippen molar-refractivity contribution < 1.29 is 23.8 Å². The fraction of sp³-hybridized carbons (Fsp3) is 0.346. The van der Waals surface area contributed by atoms with E-state index in [0.717, 1.165) is 10.8 Å². The summed E-state index contributed by atoms with van der Waals surface area (Å²) in [6, 6.07) is 12.8. The lowest BCUT2D eigenvalue weighted by Crippen LogP contribution is -2.45. The van der Waals surface area contributed by atoms with Crippen molar-refractivity contribution in [3.05, 3.63) is 71.1 Å². The number of pyridine rings is 1. The average molecular weight is 502 g/mol. The van der Waals surface area contributed by atoms with Gasteiger partial charge in [0.15, 0.2) is 0 Å². The number of carbonyl (C=O) groups excluding carboxylic acids is 2. The predicted molar refractivity (Wildman–Crippen MR) is 134 cm³/mol. The SMILES string of the molecule is CN(C(=O)CCc1ccc(F)cc1Cl)[C@H](COC(=O)Nc1cc2ccccc2cn1)CC(C)(C)O. The van der Waals surface area contributed by atoms with Crippen molar-refractivity contribution in [1.29, 1.82) is 0 Å². The van der Waals surface area contributed by atoms with E-state index >= 15 is 0 Å². The van der Waals surface area contributed by atoms with Crippen molar-refractivity contribution in [3.63, 3.8) is 0 Å². The highest BCUT2D eigenvalue weighted by molar-refractivity contribution is 6.31. The van der Waals surface area contributed by atoms with Gasteiger partial charge in [0.05, 0.1) is 11.6 Å². The number of nitrogens with zero attached hydrogens (tertiary/aromatic N) is 2. The zero-order chi connectivity index (χ0) is 25.6. The third-order valence-corrected chi connectivity index (χ3v) is 5.92. The van der Waals surface area contributed by atoms with Crippen LogP contribution in [0, 0.1) is 5.82 Å². The van der Waals surface area contributed by atoms with Crippen molar-refractivity contribution in [3.8, 4) is 0 Å². The Labute approximate surface area is 208 Å². The van der Waals surface area contributed by atoms with E-state index in [9.17, 15) is 19.1 Å². The van der Waals surface area contributed by atoms with Crippen molar-refractivity contribution >= 4 is 40.2 Å². The molecule has 0 unspecified atom stereocenters. The zero-order valence-corrected chi connectivity index (χ0v) is 20.7. The molecule has 0 bridgehead atoms. The standard InChI is InChI=1S/C26H29ClFN3O4/c1-26(2,34)14-21(31(3)24(32)11-9-17-8-10-20(28)13-22(17)27)16-35-25(33)30-23-12-18-6-4-5-7-19(18)15-29-23/h4-8,10,12-13,15,21,34H,9,11,14,16H2,1-3H3,(H,29,30,33)/t21-/m0/s1. The van der Waals surface area contributed by atoms with E-state index in [1.54, 1.807) is 39.2 Å². The van der Waals surface area contributed by atoms with E-state index in [0.29, 0.717) is 17.8 Å². The molecule has 7 nitrogen and oxygen atoms in total. The summed E-state index contributed by atoms with van der Waals surface area (Å²) in [7, 11) is 1.59.